The number of alkyl halides is 3. The van der Waals surface area contributed by atoms with Crippen molar-refractivity contribution < 1.29 is 18.3 Å². The third-order valence-electron chi connectivity index (χ3n) is 2.83. The zero-order valence-electron chi connectivity index (χ0n) is 10.5. The summed E-state index contributed by atoms with van der Waals surface area (Å²) in [5.41, 5.74) is 1.24. The predicted molar refractivity (Wildman–Crippen MR) is 65.6 cm³/mol. The lowest BCUT2D eigenvalue weighted by Gasteiger charge is -2.21. The fourth-order valence-corrected chi connectivity index (χ4v) is 1.83. The van der Waals surface area contributed by atoms with Crippen LogP contribution in [0.2, 0.25) is 0 Å². The SMILES string of the molecule is CCN(CC)c1ccc(C(O)CC(F)(F)F)cc1. The Morgan fingerprint density at radius 3 is 2.00 bits per heavy atom. The Kier molecular flexibility index (Phi) is 5.02. The van der Waals surface area contributed by atoms with Crippen LogP contribution >= 0.6 is 0 Å². The minimum absolute atomic E-state index is 0.295. The molecule has 102 valence electrons. The Hall–Kier alpha value is -1.23. The minimum Gasteiger partial charge on any atom is -0.388 e. The maximum atomic E-state index is 12.1. The standard InChI is InChI=1S/C13H18F3NO/c1-3-17(4-2)11-7-5-10(6-8-11)12(18)9-13(14,15)16/h5-8,12,18H,3-4,9H2,1-2H3. The molecule has 0 heterocycles. The van der Waals surface area contributed by atoms with E-state index in [1.807, 2.05) is 13.8 Å². The van der Waals surface area contributed by atoms with Crippen LogP contribution in [0.5, 0.6) is 0 Å². The van der Waals surface area contributed by atoms with Gasteiger partial charge in [-0.2, -0.15) is 13.2 Å². The summed E-state index contributed by atoms with van der Waals surface area (Å²) in [5.74, 6) is 0. The molecule has 5 heteroatoms. The summed E-state index contributed by atoms with van der Waals surface area (Å²) in [5, 5.41) is 9.47. The Balaban J connectivity index is 2.76. The fourth-order valence-electron chi connectivity index (χ4n) is 1.83. The molecule has 1 rings (SSSR count). The molecule has 18 heavy (non-hydrogen) atoms. The number of nitrogens with zero attached hydrogens (tertiary/aromatic N) is 1. The number of benzene rings is 1. The number of hydrogen-bond acceptors (Lipinski definition) is 2. The van der Waals surface area contributed by atoms with E-state index in [0.717, 1.165) is 18.8 Å². The average Bonchev–Trinajstić information content (AvgIpc) is 2.29. The largest absolute Gasteiger partial charge is 0.391 e. The van der Waals surface area contributed by atoms with Crippen LogP contribution in [0.15, 0.2) is 24.3 Å². The Morgan fingerprint density at radius 2 is 1.61 bits per heavy atom. The molecular weight excluding hydrogens is 243 g/mol. The fraction of sp³-hybridized carbons (Fsp3) is 0.538. The van der Waals surface area contributed by atoms with E-state index in [1.165, 1.54) is 0 Å². The minimum atomic E-state index is -4.35. The molecule has 0 amide bonds. The van der Waals surface area contributed by atoms with E-state index in [9.17, 15) is 18.3 Å². The normalized spacial score (nSPS) is 13.4. The van der Waals surface area contributed by atoms with Crippen molar-refractivity contribution in [3.8, 4) is 0 Å². The first kappa shape index (κ1) is 14.8. The van der Waals surface area contributed by atoms with E-state index in [0.29, 0.717) is 5.56 Å². The maximum absolute atomic E-state index is 12.1. The molecule has 1 unspecified atom stereocenters. The van der Waals surface area contributed by atoms with E-state index >= 15 is 0 Å². The first-order valence-corrected chi connectivity index (χ1v) is 5.97. The van der Waals surface area contributed by atoms with Crippen molar-refractivity contribution in [3.05, 3.63) is 29.8 Å². The van der Waals surface area contributed by atoms with Crippen molar-refractivity contribution in [2.75, 3.05) is 18.0 Å². The van der Waals surface area contributed by atoms with E-state index in [2.05, 4.69) is 4.90 Å². The molecule has 0 radical (unpaired) electrons. The highest BCUT2D eigenvalue weighted by Crippen LogP contribution is 2.30. The van der Waals surface area contributed by atoms with Crippen molar-refractivity contribution >= 4 is 5.69 Å². The van der Waals surface area contributed by atoms with Crippen LogP contribution in [-0.2, 0) is 0 Å². The number of aliphatic hydroxyl groups excluding tert-OH is 1. The average molecular weight is 261 g/mol. The second-order valence-corrected chi connectivity index (χ2v) is 4.10. The molecule has 0 spiro atoms. The second kappa shape index (κ2) is 6.09. The number of anilines is 1. The van der Waals surface area contributed by atoms with Gasteiger partial charge in [-0.15, -0.1) is 0 Å². The van der Waals surface area contributed by atoms with Crippen molar-refractivity contribution in [1.82, 2.24) is 0 Å². The van der Waals surface area contributed by atoms with Crippen molar-refractivity contribution in [1.29, 1.82) is 0 Å². The summed E-state index contributed by atoms with van der Waals surface area (Å²) in [6, 6.07) is 6.57. The van der Waals surface area contributed by atoms with Gasteiger partial charge in [0.1, 0.15) is 0 Å². The second-order valence-electron chi connectivity index (χ2n) is 4.10. The summed E-state index contributed by atoms with van der Waals surface area (Å²) in [6.07, 6.45) is -7.05. The molecule has 1 aromatic rings. The van der Waals surface area contributed by atoms with Gasteiger partial charge in [0.15, 0.2) is 0 Å². The summed E-state index contributed by atoms with van der Waals surface area (Å²) < 4.78 is 36.4. The van der Waals surface area contributed by atoms with Gasteiger partial charge in [-0.3, -0.25) is 0 Å². The lowest BCUT2D eigenvalue weighted by molar-refractivity contribution is -0.154. The summed E-state index contributed by atoms with van der Waals surface area (Å²) >= 11 is 0. The third kappa shape index (κ3) is 4.22. The van der Waals surface area contributed by atoms with Crippen LogP contribution in [0.25, 0.3) is 0 Å². The Morgan fingerprint density at radius 1 is 1.11 bits per heavy atom. The highest BCUT2D eigenvalue weighted by Gasteiger charge is 2.31. The van der Waals surface area contributed by atoms with Crippen LogP contribution in [0.1, 0.15) is 31.9 Å². The molecule has 0 aliphatic rings. The first-order chi connectivity index (χ1) is 8.37. The molecule has 0 aliphatic heterocycles. The van der Waals surface area contributed by atoms with Gasteiger partial charge in [0, 0.05) is 18.8 Å². The summed E-state index contributed by atoms with van der Waals surface area (Å²) in [7, 11) is 0. The smallest absolute Gasteiger partial charge is 0.388 e. The van der Waals surface area contributed by atoms with E-state index in [1.54, 1.807) is 24.3 Å². The molecular formula is C13H18F3NO. The number of halogens is 3. The van der Waals surface area contributed by atoms with Crippen molar-refractivity contribution in [3.63, 3.8) is 0 Å². The first-order valence-electron chi connectivity index (χ1n) is 5.97. The van der Waals surface area contributed by atoms with Crippen LogP contribution < -0.4 is 4.90 Å². The lowest BCUT2D eigenvalue weighted by atomic mass is 10.1. The molecule has 1 atom stereocenters. The summed E-state index contributed by atoms with van der Waals surface area (Å²) in [6.45, 7) is 5.69. The van der Waals surface area contributed by atoms with Gasteiger partial charge in [0.25, 0.3) is 0 Å². The molecule has 1 N–H and O–H groups in total. The van der Waals surface area contributed by atoms with Gasteiger partial charge in [-0.25, -0.2) is 0 Å². The number of hydrogen-bond donors (Lipinski definition) is 1. The Labute approximate surface area is 105 Å². The van der Waals surface area contributed by atoms with Gasteiger partial charge in [-0.1, -0.05) is 12.1 Å². The van der Waals surface area contributed by atoms with Gasteiger partial charge in [-0.05, 0) is 31.5 Å². The number of rotatable bonds is 5. The Bertz CT molecular complexity index is 357. The molecule has 0 saturated carbocycles. The topological polar surface area (TPSA) is 23.5 Å². The van der Waals surface area contributed by atoms with Gasteiger partial charge in [0.2, 0.25) is 0 Å². The zero-order chi connectivity index (χ0) is 13.8. The third-order valence-corrected chi connectivity index (χ3v) is 2.83. The van der Waals surface area contributed by atoms with E-state index in [4.69, 9.17) is 0 Å². The molecule has 0 fully saturated rings. The van der Waals surface area contributed by atoms with Crippen LogP contribution in [0.4, 0.5) is 18.9 Å². The lowest BCUT2D eigenvalue weighted by Crippen LogP contribution is -2.21. The monoisotopic (exact) mass is 261 g/mol. The van der Waals surface area contributed by atoms with Crippen LogP contribution in [0.3, 0.4) is 0 Å². The van der Waals surface area contributed by atoms with E-state index in [-0.39, 0.29) is 0 Å². The van der Waals surface area contributed by atoms with Gasteiger partial charge in [0.05, 0.1) is 12.5 Å². The highest BCUT2D eigenvalue weighted by atomic mass is 19.4. The highest BCUT2D eigenvalue weighted by molar-refractivity contribution is 5.47. The van der Waals surface area contributed by atoms with Crippen LogP contribution in [0, 0.1) is 0 Å². The van der Waals surface area contributed by atoms with Gasteiger partial charge < -0.3 is 10.0 Å². The van der Waals surface area contributed by atoms with Crippen molar-refractivity contribution in [2.24, 2.45) is 0 Å². The van der Waals surface area contributed by atoms with Crippen LogP contribution in [-0.4, -0.2) is 24.4 Å². The number of aliphatic hydroxyl groups is 1. The molecule has 0 aliphatic carbocycles. The molecule has 0 saturated heterocycles. The molecule has 2 nitrogen and oxygen atoms in total. The molecule has 0 aromatic heterocycles. The quantitative estimate of drug-likeness (QED) is 0.876. The maximum Gasteiger partial charge on any atom is 0.391 e. The summed E-state index contributed by atoms with van der Waals surface area (Å²) in [4.78, 5) is 2.08. The van der Waals surface area contributed by atoms with E-state index < -0.39 is 18.7 Å². The van der Waals surface area contributed by atoms with Crippen molar-refractivity contribution in [2.45, 2.75) is 32.5 Å². The molecule has 1 aromatic carbocycles. The van der Waals surface area contributed by atoms with Gasteiger partial charge >= 0.3 is 6.18 Å². The zero-order valence-corrected chi connectivity index (χ0v) is 10.5. The predicted octanol–water partition coefficient (Wildman–Crippen LogP) is 3.52. The molecule has 0 bridgehead atoms.